The molecule has 0 saturated carbocycles. The Hall–Kier alpha value is -2.43. The number of amides is 1. The molecule has 2 aliphatic rings. The summed E-state index contributed by atoms with van der Waals surface area (Å²) >= 11 is 0. The van der Waals surface area contributed by atoms with E-state index in [1.165, 1.54) is 5.56 Å². The van der Waals surface area contributed by atoms with Crippen LogP contribution < -0.4 is 4.90 Å². The molecule has 2 fully saturated rings. The number of benzene rings is 1. The topological polar surface area (TPSA) is 49.3 Å². The van der Waals surface area contributed by atoms with Crippen molar-refractivity contribution in [1.82, 2.24) is 14.9 Å². The highest BCUT2D eigenvalue weighted by Crippen LogP contribution is 2.33. The molecule has 2 saturated heterocycles. The van der Waals surface area contributed by atoms with Gasteiger partial charge in [0.2, 0.25) is 5.91 Å². The quantitative estimate of drug-likeness (QED) is 0.833. The summed E-state index contributed by atoms with van der Waals surface area (Å²) < 4.78 is 0. The zero-order chi connectivity index (χ0) is 18.5. The van der Waals surface area contributed by atoms with Gasteiger partial charge in [-0.1, -0.05) is 36.8 Å². The van der Waals surface area contributed by atoms with Gasteiger partial charge in [-0.2, -0.15) is 0 Å². The van der Waals surface area contributed by atoms with Gasteiger partial charge in [0, 0.05) is 44.5 Å². The van der Waals surface area contributed by atoms with Crippen LogP contribution >= 0.6 is 0 Å². The number of hydrogen-bond donors (Lipinski definition) is 0. The lowest BCUT2D eigenvalue weighted by Crippen LogP contribution is -2.42. The Bertz CT molecular complexity index is 728. The SMILES string of the molecule is O=C1C(C2CCN(c3cnccn3)CC2)CCCCN1Cc1ccccc1. The Balaban J connectivity index is 1.40. The molecule has 5 heteroatoms. The minimum atomic E-state index is 0.181. The van der Waals surface area contributed by atoms with Crippen molar-refractivity contribution in [3.05, 3.63) is 54.5 Å². The van der Waals surface area contributed by atoms with Gasteiger partial charge in [0.15, 0.2) is 0 Å². The zero-order valence-corrected chi connectivity index (χ0v) is 15.8. The summed E-state index contributed by atoms with van der Waals surface area (Å²) in [4.78, 5) is 26.3. The highest BCUT2D eigenvalue weighted by Gasteiger charge is 2.35. The van der Waals surface area contributed by atoms with Gasteiger partial charge in [-0.25, -0.2) is 4.98 Å². The first kappa shape index (κ1) is 18.0. The minimum Gasteiger partial charge on any atom is -0.355 e. The van der Waals surface area contributed by atoms with Crippen LogP contribution in [0, 0.1) is 11.8 Å². The highest BCUT2D eigenvalue weighted by molar-refractivity contribution is 5.79. The summed E-state index contributed by atoms with van der Waals surface area (Å²) in [6.07, 6.45) is 10.7. The van der Waals surface area contributed by atoms with E-state index in [4.69, 9.17) is 0 Å². The Morgan fingerprint density at radius 3 is 2.52 bits per heavy atom. The van der Waals surface area contributed by atoms with Gasteiger partial charge in [0.05, 0.1) is 6.20 Å². The molecule has 3 heterocycles. The summed E-state index contributed by atoms with van der Waals surface area (Å²) in [6, 6.07) is 10.4. The third kappa shape index (κ3) is 4.29. The normalized spacial score (nSPS) is 21.9. The molecule has 1 unspecified atom stereocenters. The fourth-order valence-electron chi connectivity index (χ4n) is 4.52. The molecule has 2 aromatic rings. The first-order valence-electron chi connectivity index (χ1n) is 10.1. The largest absolute Gasteiger partial charge is 0.355 e. The van der Waals surface area contributed by atoms with Gasteiger partial charge in [-0.05, 0) is 37.2 Å². The van der Waals surface area contributed by atoms with E-state index in [2.05, 4.69) is 44.0 Å². The van der Waals surface area contributed by atoms with Gasteiger partial charge in [0.25, 0.3) is 0 Å². The van der Waals surface area contributed by atoms with Gasteiger partial charge in [0.1, 0.15) is 5.82 Å². The summed E-state index contributed by atoms with van der Waals surface area (Å²) in [6.45, 7) is 3.56. The zero-order valence-electron chi connectivity index (χ0n) is 15.8. The van der Waals surface area contributed by atoms with Crippen LogP contribution in [0.1, 0.15) is 37.7 Å². The highest BCUT2D eigenvalue weighted by atomic mass is 16.2. The number of piperidine rings is 1. The van der Waals surface area contributed by atoms with E-state index < -0.39 is 0 Å². The first-order valence-corrected chi connectivity index (χ1v) is 10.1. The monoisotopic (exact) mass is 364 g/mol. The van der Waals surface area contributed by atoms with Gasteiger partial charge in [-0.15, -0.1) is 0 Å². The Morgan fingerprint density at radius 1 is 0.963 bits per heavy atom. The second-order valence-corrected chi connectivity index (χ2v) is 7.74. The van der Waals surface area contributed by atoms with E-state index in [9.17, 15) is 4.79 Å². The van der Waals surface area contributed by atoms with Crippen molar-refractivity contribution >= 4 is 11.7 Å². The Kier molecular flexibility index (Phi) is 5.66. The fourth-order valence-corrected chi connectivity index (χ4v) is 4.52. The van der Waals surface area contributed by atoms with E-state index in [1.54, 1.807) is 12.4 Å². The number of carbonyl (C=O) groups excluding carboxylic acids is 1. The minimum absolute atomic E-state index is 0.181. The number of likely N-dealkylation sites (tertiary alicyclic amines) is 1. The summed E-state index contributed by atoms with van der Waals surface area (Å²) in [5, 5.41) is 0. The summed E-state index contributed by atoms with van der Waals surface area (Å²) in [7, 11) is 0. The smallest absolute Gasteiger partial charge is 0.226 e. The average Bonchev–Trinajstić information content (AvgIpc) is 2.91. The molecule has 4 rings (SSSR count). The maximum absolute atomic E-state index is 13.3. The maximum Gasteiger partial charge on any atom is 0.226 e. The third-order valence-electron chi connectivity index (χ3n) is 6.02. The molecule has 5 nitrogen and oxygen atoms in total. The van der Waals surface area contributed by atoms with E-state index in [0.717, 1.165) is 64.1 Å². The van der Waals surface area contributed by atoms with Crippen LogP contribution in [0.15, 0.2) is 48.9 Å². The second-order valence-electron chi connectivity index (χ2n) is 7.74. The molecule has 1 aromatic carbocycles. The number of aromatic nitrogens is 2. The molecule has 142 valence electrons. The molecule has 1 aromatic heterocycles. The van der Waals surface area contributed by atoms with Crippen LogP contribution in [0.3, 0.4) is 0 Å². The fraction of sp³-hybridized carbons (Fsp3) is 0.500. The molecular formula is C22H28N4O. The van der Waals surface area contributed by atoms with Crippen LogP contribution in [0.2, 0.25) is 0 Å². The summed E-state index contributed by atoms with van der Waals surface area (Å²) in [5.41, 5.74) is 1.23. The molecule has 1 amide bonds. The molecular weight excluding hydrogens is 336 g/mol. The van der Waals surface area contributed by atoms with Crippen LogP contribution in [0.4, 0.5) is 5.82 Å². The van der Waals surface area contributed by atoms with Crippen LogP contribution in [-0.4, -0.2) is 40.4 Å². The van der Waals surface area contributed by atoms with Crippen LogP contribution in [-0.2, 0) is 11.3 Å². The molecule has 0 radical (unpaired) electrons. The predicted octanol–water partition coefficient (Wildman–Crippen LogP) is 3.52. The number of rotatable bonds is 4. The number of carbonyl (C=O) groups is 1. The van der Waals surface area contributed by atoms with Crippen LogP contribution in [0.5, 0.6) is 0 Å². The molecule has 27 heavy (non-hydrogen) atoms. The van der Waals surface area contributed by atoms with Crippen molar-refractivity contribution < 1.29 is 4.79 Å². The molecule has 0 aliphatic carbocycles. The molecule has 1 atom stereocenters. The number of hydrogen-bond acceptors (Lipinski definition) is 4. The lowest BCUT2D eigenvalue weighted by Gasteiger charge is -2.37. The second kappa shape index (κ2) is 8.51. The average molecular weight is 364 g/mol. The van der Waals surface area contributed by atoms with Crippen molar-refractivity contribution in [2.45, 2.75) is 38.6 Å². The van der Waals surface area contributed by atoms with Gasteiger partial charge in [-0.3, -0.25) is 9.78 Å². The molecule has 0 N–H and O–H groups in total. The number of anilines is 1. The third-order valence-corrected chi connectivity index (χ3v) is 6.02. The Labute approximate surface area is 161 Å². The van der Waals surface area contributed by atoms with Gasteiger partial charge >= 0.3 is 0 Å². The van der Waals surface area contributed by atoms with Gasteiger partial charge < -0.3 is 9.80 Å². The van der Waals surface area contributed by atoms with E-state index in [1.807, 2.05) is 12.3 Å². The van der Waals surface area contributed by atoms with Crippen molar-refractivity contribution in [3.8, 4) is 0 Å². The first-order chi connectivity index (χ1) is 13.3. The number of nitrogens with zero attached hydrogens (tertiary/aromatic N) is 4. The van der Waals surface area contributed by atoms with Crippen molar-refractivity contribution in [1.29, 1.82) is 0 Å². The molecule has 0 bridgehead atoms. The van der Waals surface area contributed by atoms with Crippen molar-refractivity contribution in [3.63, 3.8) is 0 Å². The van der Waals surface area contributed by atoms with Crippen molar-refractivity contribution in [2.24, 2.45) is 11.8 Å². The summed E-state index contributed by atoms with van der Waals surface area (Å²) in [5.74, 6) is 1.99. The molecule has 2 aliphatic heterocycles. The van der Waals surface area contributed by atoms with Crippen LogP contribution in [0.25, 0.3) is 0 Å². The van der Waals surface area contributed by atoms with E-state index in [-0.39, 0.29) is 5.92 Å². The van der Waals surface area contributed by atoms with E-state index in [0.29, 0.717) is 11.8 Å². The lowest BCUT2D eigenvalue weighted by molar-refractivity contribution is -0.137. The lowest BCUT2D eigenvalue weighted by atomic mass is 9.81. The Morgan fingerprint density at radius 2 is 1.78 bits per heavy atom. The standard InChI is InChI=1S/C22H28N4O/c27-22-20(8-4-5-13-26(22)17-18-6-2-1-3-7-18)19-9-14-25(15-10-19)21-16-23-11-12-24-21/h1-3,6-7,11-12,16,19-20H,4-5,8-10,13-15,17H2. The molecule has 0 spiro atoms. The maximum atomic E-state index is 13.3. The van der Waals surface area contributed by atoms with Crippen molar-refractivity contribution in [2.75, 3.05) is 24.5 Å². The van der Waals surface area contributed by atoms with E-state index >= 15 is 0 Å². The predicted molar refractivity (Wildman–Crippen MR) is 106 cm³/mol.